The van der Waals surface area contributed by atoms with Gasteiger partial charge in [0.1, 0.15) is 5.75 Å². The van der Waals surface area contributed by atoms with E-state index in [0.717, 1.165) is 50.9 Å². The lowest BCUT2D eigenvalue weighted by molar-refractivity contribution is 0.244. The SMILES string of the molecule is CN=C(NCC(c1ccc(OC)cc1)N1CCCC1)N1CCC(c2cnn(C)c2)C1. The standard InChI is InChI=1S/C23H34N6O/c1-24-23(29-13-10-19(17-29)20-14-26-27(2)16-20)25-15-22(28-11-4-5-12-28)18-6-8-21(30-3)9-7-18/h6-9,14,16,19,22H,4-5,10-13,15,17H2,1-3H3,(H,24,25). The number of likely N-dealkylation sites (tertiary alicyclic amines) is 2. The van der Waals surface area contributed by atoms with Gasteiger partial charge in [0, 0.05) is 45.8 Å². The van der Waals surface area contributed by atoms with Crippen LogP contribution in [0.1, 0.15) is 42.3 Å². The highest BCUT2D eigenvalue weighted by molar-refractivity contribution is 5.80. The molecule has 1 aromatic heterocycles. The van der Waals surface area contributed by atoms with Crippen LogP contribution in [0.5, 0.6) is 5.75 Å². The molecule has 2 atom stereocenters. The maximum absolute atomic E-state index is 5.34. The van der Waals surface area contributed by atoms with E-state index < -0.39 is 0 Å². The van der Waals surface area contributed by atoms with Crippen LogP contribution in [0.25, 0.3) is 0 Å². The number of nitrogens with zero attached hydrogens (tertiary/aromatic N) is 5. The van der Waals surface area contributed by atoms with E-state index in [-0.39, 0.29) is 0 Å². The number of methoxy groups -OCH3 is 1. The fraction of sp³-hybridized carbons (Fsp3) is 0.565. The van der Waals surface area contributed by atoms with E-state index in [1.54, 1.807) is 7.11 Å². The number of hydrogen-bond acceptors (Lipinski definition) is 4. The Morgan fingerprint density at radius 3 is 2.63 bits per heavy atom. The molecule has 1 N–H and O–H groups in total. The summed E-state index contributed by atoms with van der Waals surface area (Å²) in [4.78, 5) is 9.56. The summed E-state index contributed by atoms with van der Waals surface area (Å²) in [6, 6.07) is 8.85. The maximum atomic E-state index is 5.34. The van der Waals surface area contributed by atoms with E-state index in [1.807, 2.05) is 25.0 Å². The number of nitrogens with one attached hydrogen (secondary N) is 1. The van der Waals surface area contributed by atoms with E-state index in [9.17, 15) is 0 Å². The topological polar surface area (TPSA) is 57.9 Å². The Morgan fingerprint density at radius 2 is 2.00 bits per heavy atom. The number of benzene rings is 1. The van der Waals surface area contributed by atoms with Crippen molar-refractivity contribution in [2.45, 2.75) is 31.2 Å². The van der Waals surface area contributed by atoms with E-state index >= 15 is 0 Å². The summed E-state index contributed by atoms with van der Waals surface area (Å²) in [7, 11) is 5.58. The molecule has 1 aromatic carbocycles. The largest absolute Gasteiger partial charge is 0.497 e. The molecule has 0 radical (unpaired) electrons. The van der Waals surface area contributed by atoms with Gasteiger partial charge in [-0.2, -0.15) is 5.10 Å². The third-order valence-electron chi connectivity index (χ3n) is 6.43. The minimum absolute atomic E-state index is 0.340. The van der Waals surface area contributed by atoms with Crippen molar-refractivity contribution in [1.29, 1.82) is 0 Å². The summed E-state index contributed by atoms with van der Waals surface area (Å²) < 4.78 is 7.23. The lowest BCUT2D eigenvalue weighted by atomic mass is 10.0. The van der Waals surface area contributed by atoms with Gasteiger partial charge in [-0.1, -0.05) is 12.1 Å². The third kappa shape index (κ3) is 4.61. The molecular formula is C23H34N6O. The minimum Gasteiger partial charge on any atom is -0.497 e. The number of hydrogen-bond donors (Lipinski definition) is 1. The second-order valence-electron chi connectivity index (χ2n) is 8.34. The zero-order valence-electron chi connectivity index (χ0n) is 18.4. The van der Waals surface area contributed by atoms with Crippen molar-refractivity contribution in [2.24, 2.45) is 12.0 Å². The van der Waals surface area contributed by atoms with Gasteiger partial charge in [-0.25, -0.2) is 0 Å². The van der Waals surface area contributed by atoms with Crippen molar-refractivity contribution in [3.05, 3.63) is 47.8 Å². The Kier molecular flexibility index (Phi) is 6.57. The fourth-order valence-electron chi connectivity index (χ4n) is 4.73. The molecule has 3 heterocycles. The van der Waals surface area contributed by atoms with Gasteiger partial charge in [0.25, 0.3) is 0 Å². The monoisotopic (exact) mass is 410 g/mol. The molecule has 0 spiro atoms. The highest BCUT2D eigenvalue weighted by Gasteiger charge is 2.28. The predicted octanol–water partition coefficient (Wildman–Crippen LogP) is 2.63. The van der Waals surface area contributed by atoms with E-state index in [0.29, 0.717) is 12.0 Å². The molecule has 2 aliphatic heterocycles. The first-order chi connectivity index (χ1) is 14.7. The number of guanidine groups is 1. The molecule has 2 unspecified atom stereocenters. The first-order valence-corrected chi connectivity index (χ1v) is 11.0. The van der Waals surface area contributed by atoms with Crippen LogP contribution in [0, 0.1) is 0 Å². The van der Waals surface area contributed by atoms with Crippen molar-refractivity contribution in [1.82, 2.24) is 24.9 Å². The van der Waals surface area contributed by atoms with Gasteiger partial charge < -0.3 is 15.0 Å². The van der Waals surface area contributed by atoms with Crippen LogP contribution in [0.3, 0.4) is 0 Å². The van der Waals surface area contributed by atoms with Gasteiger partial charge in [0.2, 0.25) is 0 Å². The Labute approximate surface area is 179 Å². The summed E-state index contributed by atoms with van der Waals surface area (Å²) >= 11 is 0. The quantitative estimate of drug-likeness (QED) is 0.586. The molecule has 7 heteroatoms. The number of aromatic nitrogens is 2. The number of ether oxygens (including phenoxy) is 1. The molecular weight excluding hydrogens is 376 g/mol. The molecule has 162 valence electrons. The molecule has 2 aliphatic rings. The molecule has 0 amide bonds. The molecule has 0 bridgehead atoms. The van der Waals surface area contributed by atoms with E-state index in [4.69, 9.17) is 4.74 Å². The van der Waals surface area contributed by atoms with Crippen LogP contribution in [-0.4, -0.2) is 72.4 Å². The van der Waals surface area contributed by atoms with Crippen LogP contribution in [0.2, 0.25) is 0 Å². The lowest BCUT2D eigenvalue weighted by Crippen LogP contribution is -2.44. The summed E-state index contributed by atoms with van der Waals surface area (Å²) in [5, 5.41) is 8.01. The zero-order chi connectivity index (χ0) is 20.9. The molecule has 0 aliphatic carbocycles. The maximum Gasteiger partial charge on any atom is 0.193 e. The van der Waals surface area contributed by atoms with Gasteiger partial charge in [0.05, 0.1) is 19.3 Å². The minimum atomic E-state index is 0.340. The van der Waals surface area contributed by atoms with Gasteiger partial charge >= 0.3 is 0 Å². The molecule has 30 heavy (non-hydrogen) atoms. The summed E-state index contributed by atoms with van der Waals surface area (Å²) in [5.41, 5.74) is 2.65. The highest BCUT2D eigenvalue weighted by atomic mass is 16.5. The second-order valence-corrected chi connectivity index (χ2v) is 8.34. The molecule has 4 rings (SSSR count). The number of aliphatic imine (C=N–C) groups is 1. The van der Waals surface area contributed by atoms with Gasteiger partial charge in [-0.3, -0.25) is 14.6 Å². The van der Waals surface area contributed by atoms with Crippen LogP contribution in [0.15, 0.2) is 41.7 Å². The molecule has 2 aromatic rings. The number of rotatable bonds is 6. The predicted molar refractivity (Wildman–Crippen MR) is 120 cm³/mol. The first-order valence-electron chi connectivity index (χ1n) is 11.0. The second kappa shape index (κ2) is 9.51. The molecule has 0 saturated carbocycles. The lowest BCUT2D eigenvalue weighted by Gasteiger charge is -2.30. The van der Waals surface area contributed by atoms with Crippen LogP contribution in [-0.2, 0) is 7.05 Å². The van der Waals surface area contributed by atoms with Crippen molar-refractivity contribution < 1.29 is 4.74 Å². The van der Waals surface area contributed by atoms with Gasteiger partial charge in [-0.05, 0) is 55.6 Å². The molecule has 7 nitrogen and oxygen atoms in total. The summed E-state index contributed by atoms with van der Waals surface area (Å²) in [6.45, 7) is 5.18. The Balaban J connectivity index is 1.41. The fourth-order valence-corrected chi connectivity index (χ4v) is 4.73. The van der Waals surface area contributed by atoms with Gasteiger partial charge in [-0.15, -0.1) is 0 Å². The van der Waals surface area contributed by atoms with E-state index in [2.05, 4.69) is 55.7 Å². The third-order valence-corrected chi connectivity index (χ3v) is 6.43. The van der Waals surface area contributed by atoms with E-state index in [1.165, 1.54) is 24.0 Å². The molecule has 2 fully saturated rings. The average molecular weight is 411 g/mol. The Hall–Kier alpha value is -2.54. The summed E-state index contributed by atoms with van der Waals surface area (Å²) in [6.07, 6.45) is 7.83. The van der Waals surface area contributed by atoms with Crippen molar-refractivity contribution in [3.63, 3.8) is 0 Å². The van der Waals surface area contributed by atoms with Gasteiger partial charge in [0.15, 0.2) is 5.96 Å². The summed E-state index contributed by atoms with van der Waals surface area (Å²) in [5.74, 6) is 2.42. The van der Waals surface area contributed by atoms with Crippen LogP contribution >= 0.6 is 0 Å². The average Bonchev–Trinajstić information content (AvgIpc) is 3.53. The zero-order valence-corrected chi connectivity index (χ0v) is 18.4. The smallest absolute Gasteiger partial charge is 0.193 e. The van der Waals surface area contributed by atoms with Crippen molar-refractivity contribution >= 4 is 5.96 Å². The Morgan fingerprint density at radius 1 is 1.23 bits per heavy atom. The Bertz CT molecular complexity index is 840. The van der Waals surface area contributed by atoms with Crippen LogP contribution in [0.4, 0.5) is 0 Å². The van der Waals surface area contributed by atoms with Crippen LogP contribution < -0.4 is 10.1 Å². The van der Waals surface area contributed by atoms with Crippen molar-refractivity contribution in [2.75, 3.05) is 46.9 Å². The highest BCUT2D eigenvalue weighted by Crippen LogP contribution is 2.28. The number of aryl methyl sites for hydroxylation is 1. The normalized spacial score (nSPS) is 21.2. The molecule has 2 saturated heterocycles. The first kappa shape index (κ1) is 20.7. The van der Waals surface area contributed by atoms with Crippen molar-refractivity contribution in [3.8, 4) is 5.75 Å².